The zero-order valence-corrected chi connectivity index (χ0v) is 29.9. The Bertz CT molecular complexity index is 1240. The van der Waals surface area contributed by atoms with Crippen molar-refractivity contribution in [2.75, 3.05) is 91.6 Å². The van der Waals surface area contributed by atoms with E-state index in [-0.39, 0.29) is 0 Å². The van der Waals surface area contributed by atoms with Crippen LogP contribution in [-0.2, 0) is 26.2 Å². The molecule has 0 amide bonds. The number of aromatic nitrogens is 4. The lowest BCUT2D eigenvalue weighted by Crippen LogP contribution is -2.38. The molecule has 0 radical (unpaired) electrons. The molecule has 2 aliphatic heterocycles. The van der Waals surface area contributed by atoms with Crippen molar-refractivity contribution in [3.63, 3.8) is 0 Å². The molecule has 4 aromatic heterocycles. The van der Waals surface area contributed by atoms with Gasteiger partial charge in [0.2, 0.25) is 0 Å². The first-order chi connectivity index (χ1) is 24.7. The fourth-order valence-corrected chi connectivity index (χ4v) is 7.00. The largest absolute Gasteiger partial charge is 0.301 e. The highest BCUT2D eigenvalue weighted by Crippen LogP contribution is 2.11. The summed E-state index contributed by atoms with van der Waals surface area (Å²) >= 11 is 0. The third-order valence-corrected chi connectivity index (χ3v) is 10.0. The molecule has 10 heteroatoms. The van der Waals surface area contributed by atoms with Gasteiger partial charge in [-0.1, -0.05) is 24.3 Å². The maximum absolute atomic E-state index is 4.63. The molecule has 0 N–H and O–H groups in total. The topological polar surface area (TPSA) is 71.0 Å². The van der Waals surface area contributed by atoms with Crippen molar-refractivity contribution in [1.29, 1.82) is 0 Å². The van der Waals surface area contributed by atoms with Crippen LogP contribution in [-0.4, -0.2) is 141 Å². The van der Waals surface area contributed by atoms with Crippen LogP contribution in [0.2, 0.25) is 0 Å². The van der Waals surface area contributed by atoms with Gasteiger partial charge in [0.05, 0.1) is 22.8 Å². The minimum atomic E-state index is 0.899. The first-order valence-electron chi connectivity index (χ1n) is 18.7. The van der Waals surface area contributed by atoms with Crippen molar-refractivity contribution in [3.05, 3.63) is 120 Å². The van der Waals surface area contributed by atoms with Crippen LogP contribution < -0.4 is 0 Å². The molecule has 0 spiro atoms. The zero-order chi connectivity index (χ0) is 34.1. The molecule has 2 fully saturated rings. The highest BCUT2D eigenvalue weighted by molar-refractivity contribution is 5.06. The summed E-state index contributed by atoms with van der Waals surface area (Å²) in [6.45, 7) is 18.7. The van der Waals surface area contributed by atoms with Crippen molar-refractivity contribution < 1.29 is 0 Å². The molecule has 10 nitrogen and oxygen atoms in total. The Balaban J connectivity index is 1.03. The summed E-state index contributed by atoms with van der Waals surface area (Å²) in [7, 11) is 0. The Morgan fingerprint density at radius 3 is 0.780 bits per heavy atom. The van der Waals surface area contributed by atoms with Gasteiger partial charge < -0.3 is 9.80 Å². The molecule has 0 aromatic carbocycles. The minimum Gasteiger partial charge on any atom is -0.301 e. The van der Waals surface area contributed by atoms with Crippen LogP contribution in [0, 0.1) is 0 Å². The third-order valence-electron chi connectivity index (χ3n) is 10.0. The summed E-state index contributed by atoms with van der Waals surface area (Å²) < 4.78 is 0. The summed E-state index contributed by atoms with van der Waals surface area (Å²) in [4.78, 5) is 34.3. The molecular formula is C40H56N10. The molecule has 0 bridgehead atoms. The Kier molecular flexibility index (Phi) is 14.7. The minimum absolute atomic E-state index is 0.899. The van der Waals surface area contributed by atoms with Gasteiger partial charge in [0.1, 0.15) is 0 Å². The predicted molar refractivity (Wildman–Crippen MR) is 200 cm³/mol. The molecular weight excluding hydrogens is 621 g/mol. The average molecular weight is 677 g/mol. The zero-order valence-electron chi connectivity index (χ0n) is 29.9. The Morgan fingerprint density at radius 1 is 0.320 bits per heavy atom. The SMILES string of the molecule is c1ccc(CN2CCN(CCCCN3CCN(Cc4ccccn4)CCN(Cc4ccccn4)CC3)CCN(Cc3ccccn3)CC2)nc1. The Labute approximate surface area is 299 Å². The highest BCUT2D eigenvalue weighted by atomic mass is 15.3. The number of nitrogens with zero attached hydrogens (tertiary/aromatic N) is 10. The Hall–Kier alpha value is -3.64. The van der Waals surface area contributed by atoms with Gasteiger partial charge in [-0.15, -0.1) is 0 Å². The second-order valence-corrected chi connectivity index (χ2v) is 13.8. The van der Waals surface area contributed by atoms with Gasteiger partial charge in [-0.2, -0.15) is 0 Å². The molecule has 266 valence electrons. The third kappa shape index (κ3) is 12.6. The molecule has 0 saturated carbocycles. The first-order valence-corrected chi connectivity index (χ1v) is 18.7. The second-order valence-electron chi connectivity index (χ2n) is 13.8. The summed E-state index contributed by atoms with van der Waals surface area (Å²) in [6.07, 6.45) is 10.1. The summed E-state index contributed by atoms with van der Waals surface area (Å²) in [5, 5.41) is 0. The quantitative estimate of drug-likeness (QED) is 0.194. The maximum Gasteiger partial charge on any atom is 0.0543 e. The van der Waals surface area contributed by atoms with Crippen molar-refractivity contribution in [3.8, 4) is 0 Å². The van der Waals surface area contributed by atoms with Gasteiger partial charge in [0, 0.05) is 130 Å². The van der Waals surface area contributed by atoms with Gasteiger partial charge in [-0.25, -0.2) is 0 Å². The number of hydrogen-bond acceptors (Lipinski definition) is 10. The summed E-state index contributed by atoms with van der Waals surface area (Å²) in [6, 6.07) is 25.0. The molecule has 0 unspecified atom stereocenters. The van der Waals surface area contributed by atoms with E-state index >= 15 is 0 Å². The fraction of sp³-hybridized carbons (Fsp3) is 0.500. The van der Waals surface area contributed by atoms with Crippen LogP contribution in [0.5, 0.6) is 0 Å². The van der Waals surface area contributed by atoms with E-state index in [4.69, 9.17) is 0 Å². The van der Waals surface area contributed by atoms with Gasteiger partial charge in [0.15, 0.2) is 0 Å². The van der Waals surface area contributed by atoms with Crippen LogP contribution in [0.4, 0.5) is 0 Å². The predicted octanol–water partition coefficient (Wildman–Crippen LogP) is 3.99. The number of unbranched alkanes of at least 4 members (excludes halogenated alkanes) is 1. The van der Waals surface area contributed by atoms with Gasteiger partial charge in [0.25, 0.3) is 0 Å². The number of pyridine rings is 4. The lowest BCUT2D eigenvalue weighted by atomic mass is 10.2. The van der Waals surface area contributed by atoms with Gasteiger partial charge in [-0.3, -0.25) is 39.5 Å². The second kappa shape index (κ2) is 20.3. The maximum atomic E-state index is 4.63. The van der Waals surface area contributed by atoms with E-state index in [1.165, 1.54) is 12.8 Å². The van der Waals surface area contributed by atoms with E-state index in [0.29, 0.717) is 0 Å². The molecule has 0 atom stereocenters. The van der Waals surface area contributed by atoms with Gasteiger partial charge >= 0.3 is 0 Å². The molecule has 4 aromatic rings. The van der Waals surface area contributed by atoms with E-state index in [1.807, 2.05) is 49.1 Å². The molecule has 2 saturated heterocycles. The van der Waals surface area contributed by atoms with E-state index < -0.39 is 0 Å². The van der Waals surface area contributed by atoms with E-state index in [1.54, 1.807) is 0 Å². The van der Waals surface area contributed by atoms with Crippen LogP contribution >= 0.6 is 0 Å². The van der Waals surface area contributed by atoms with Crippen molar-refractivity contribution in [2.45, 2.75) is 39.0 Å². The molecule has 6 rings (SSSR count). The van der Waals surface area contributed by atoms with Gasteiger partial charge in [-0.05, 0) is 74.5 Å². The fourth-order valence-electron chi connectivity index (χ4n) is 7.00. The van der Waals surface area contributed by atoms with Crippen LogP contribution in [0.15, 0.2) is 97.6 Å². The monoisotopic (exact) mass is 676 g/mol. The molecule has 0 aliphatic carbocycles. The number of rotatable bonds is 13. The smallest absolute Gasteiger partial charge is 0.0543 e. The van der Waals surface area contributed by atoms with Crippen molar-refractivity contribution in [1.82, 2.24) is 49.3 Å². The molecule has 50 heavy (non-hydrogen) atoms. The van der Waals surface area contributed by atoms with Crippen LogP contribution in [0.1, 0.15) is 35.6 Å². The summed E-state index contributed by atoms with van der Waals surface area (Å²) in [5.74, 6) is 0. The summed E-state index contributed by atoms with van der Waals surface area (Å²) in [5.41, 5.74) is 4.60. The van der Waals surface area contributed by atoms with E-state index in [9.17, 15) is 0 Å². The van der Waals surface area contributed by atoms with Crippen LogP contribution in [0.25, 0.3) is 0 Å². The van der Waals surface area contributed by atoms with E-state index in [2.05, 4.69) is 97.9 Å². The van der Waals surface area contributed by atoms with Crippen molar-refractivity contribution >= 4 is 0 Å². The normalized spacial score (nSPS) is 18.8. The molecule has 6 heterocycles. The standard InChI is InChI=1S/C40H56N10/c1-5-15-41-37(11-1)33-47-25-21-45(22-26-48(30-29-47)34-38-12-2-6-16-42-38)19-9-10-20-46-23-27-49(35-39-13-3-7-17-43-39)31-32-50(28-24-46)36-40-14-4-8-18-44-40/h1-8,11-18H,9-10,19-36H2. The van der Waals surface area contributed by atoms with Crippen molar-refractivity contribution in [2.24, 2.45) is 0 Å². The highest BCUT2D eigenvalue weighted by Gasteiger charge is 2.20. The Morgan fingerprint density at radius 2 is 0.560 bits per heavy atom. The molecule has 2 aliphatic rings. The lowest BCUT2D eigenvalue weighted by Gasteiger charge is -2.27. The first kappa shape index (κ1) is 36.2. The average Bonchev–Trinajstić information content (AvgIpc) is 3.31. The number of hydrogen-bond donors (Lipinski definition) is 0. The van der Waals surface area contributed by atoms with Crippen LogP contribution in [0.3, 0.4) is 0 Å². The van der Waals surface area contributed by atoms with E-state index in [0.717, 1.165) is 141 Å². The lowest BCUT2D eigenvalue weighted by molar-refractivity contribution is 0.194.